The standard InChI is InChI=1S/C23H24N2O5/c1-23(10-11-23)25-21(28)19(12-20(26)27)24-22(29)30-13-18-16-8-4-2-6-14(16)15-7-3-5-9-17(15)18/h2-9,18-19H,10-13H2,1H3,(H,24,29)(H,25,28)(H,26,27). The van der Waals surface area contributed by atoms with E-state index >= 15 is 0 Å². The van der Waals surface area contributed by atoms with E-state index in [-0.39, 0.29) is 18.1 Å². The number of nitrogens with one attached hydrogen (secondary N) is 2. The molecule has 0 saturated heterocycles. The minimum absolute atomic E-state index is 0.0962. The molecule has 0 bridgehead atoms. The Labute approximate surface area is 174 Å². The number of fused-ring (bicyclic) bond motifs is 3. The Hall–Kier alpha value is -3.35. The Balaban J connectivity index is 1.42. The summed E-state index contributed by atoms with van der Waals surface area (Å²) in [6, 6.07) is 14.8. The molecule has 2 aliphatic rings. The van der Waals surface area contributed by atoms with Crippen LogP contribution in [0.25, 0.3) is 11.1 Å². The van der Waals surface area contributed by atoms with Crippen LogP contribution >= 0.6 is 0 Å². The van der Waals surface area contributed by atoms with Crippen LogP contribution < -0.4 is 10.6 Å². The molecule has 1 saturated carbocycles. The summed E-state index contributed by atoms with van der Waals surface area (Å²) in [6.07, 6.45) is 0.359. The number of hydrogen-bond acceptors (Lipinski definition) is 4. The molecule has 2 aliphatic carbocycles. The first-order chi connectivity index (χ1) is 14.4. The normalized spacial score (nSPS) is 16.7. The molecule has 2 aromatic carbocycles. The molecule has 1 atom stereocenters. The molecule has 7 heteroatoms. The van der Waals surface area contributed by atoms with Crippen molar-refractivity contribution in [2.75, 3.05) is 6.61 Å². The molecule has 0 radical (unpaired) electrons. The summed E-state index contributed by atoms with van der Waals surface area (Å²) in [6.45, 7) is 1.98. The maximum atomic E-state index is 12.4. The summed E-state index contributed by atoms with van der Waals surface area (Å²) in [5, 5.41) is 14.3. The van der Waals surface area contributed by atoms with Crippen molar-refractivity contribution in [3.8, 4) is 11.1 Å². The first-order valence-corrected chi connectivity index (χ1v) is 10.0. The van der Waals surface area contributed by atoms with E-state index < -0.39 is 30.4 Å². The van der Waals surface area contributed by atoms with Gasteiger partial charge in [-0.2, -0.15) is 0 Å². The number of amides is 2. The van der Waals surface area contributed by atoms with Gasteiger partial charge >= 0.3 is 12.1 Å². The van der Waals surface area contributed by atoms with Crippen LogP contribution in [0.3, 0.4) is 0 Å². The van der Waals surface area contributed by atoms with Gasteiger partial charge in [0.05, 0.1) is 6.42 Å². The van der Waals surface area contributed by atoms with Gasteiger partial charge in [0, 0.05) is 11.5 Å². The van der Waals surface area contributed by atoms with Gasteiger partial charge in [0.2, 0.25) is 5.91 Å². The van der Waals surface area contributed by atoms with Gasteiger partial charge in [0.1, 0.15) is 12.6 Å². The van der Waals surface area contributed by atoms with Gasteiger partial charge < -0.3 is 20.5 Å². The van der Waals surface area contributed by atoms with Gasteiger partial charge in [-0.05, 0) is 42.0 Å². The van der Waals surface area contributed by atoms with E-state index in [1.807, 2.05) is 55.5 Å². The molecule has 30 heavy (non-hydrogen) atoms. The van der Waals surface area contributed by atoms with Gasteiger partial charge in [0.25, 0.3) is 0 Å². The smallest absolute Gasteiger partial charge is 0.407 e. The van der Waals surface area contributed by atoms with E-state index in [0.717, 1.165) is 35.1 Å². The predicted molar refractivity (Wildman–Crippen MR) is 110 cm³/mol. The van der Waals surface area contributed by atoms with Crippen molar-refractivity contribution in [2.45, 2.75) is 43.7 Å². The number of ether oxygens (including phenoxy) is 1. The Morgan fingerprint density at radius 3 is 2.17 bits per heavy atom. The van der Waals surface area contributed by atoms with Crippen LogP contribution in [0.4, 0.5) is 4.79 Å². The van der Waals surface area contributed by atoms with Crippen LogP contribution in [0, 0.1) is 0 Å². The SMILES string of the molecule is CC1(NC(=O)C(CC(=O)O)NC(=O)OCC2c3ccccc3-c3ccccc32)CC1. The van der Waals surface area contributed by atoms with Crippen LogP contribution in [-0.4, -0.2) is 41.3 Å². The van der Waals surface area contributed by atoms with E-state index in [9.17, 15) is 14.4 Å². The van der Waals surface area contributed by atoms with Crippen LogP contribution in [0.1, 0.15) is 43.2 Å². The zero-order valence-corrected chi connectivity index (χ0v) is 16.7. The highest BCUT2D eigenvalue weighted by Gasteiger charge is 2.40. The number of rotatable bonds is 7. The van der Waals surface area contributed by atoms with Gasteiger partial charge in [0.15, 0.2) is 0 Å². The lowest BCUT2D eigenvalue weighted by Gasteiger charge is -2.20. The lowest BCUT2D eigenvalue weighted by atomic mass is 9.98. The van der Waals surface area contributed by atoms with Crippen molar-refractivity contribution in [2.24, 2.45) is 0 Å². The Kier molecular flexibility index (Phi) is 5.20. The van der Waals surface area contributed by atoms with E-state index in [1.165, 1.54) is 0 Å². The molecule has 0 heterocycles. The average molecular weight is 408 g/mol. The van der Waals surface area contributed by atoms with Crippen LogP contribution in [-0.2, 0) is 14.3 Å². The molecule has 0 spiro atoms. The van der Waals surface area contributed by atoms with E-state index in [2.05, 4.69) is 10.6 Å². The molecule has 1 fully saturated rings. The highest BCUT2D eigenvalue weighted by molar-refractivity contribution is 5.90. The molecule has 7 nitrogen and oxygen atoms in total. The lowest BCUT2D eigenvalue weighted by molar-refractivity contribution is -0.140. The van der Waals surface area contributed by atoms with Crippen molar-refractivity contribution >= 4 is 18.0 Å². The number of benzene rings is 2. The zero-order valence-electron chi connectivity index (χ0n) is 16.7. The molecule has 3 N–H and O–H groups in total. The largest absolute Gasteiger partial charge is 0.481 e. The average Bonchev–Trinajstić information content (AvgIpc) is 3.35. The van der Waals surface area contributed by atoms with Gasteiger partial charge in [-0.25, -0.2) is 4.79 Å². The maximum Gasteiger partial charge on any atom is 0.407 e. The fourth-order valence-corrected chi connectivity index (χ4v) is 3.86. The second-order valence-corrected chi connectivity index (χ2v) is 8.17. The predicted octanol–water partition coefficient (Wildman–Crippen LogP) is 3.04. The molecule has 156 valence electrons. The summed E-state index contributed by atoms with van der Waals surface area (Å²) in [7, 11) is 0. The highest BCUT2D eigenvalue weighted by atomic mass is 16.5. The number of carboxylic acid groups (broad SMARTS) is 1. The fraction of sp³-hybridized carbons (Fsp3) is 0.348. The van der Waals surface area contributed by atoms with Crippen molar-refractivity contribution in [3.05, 3.63) is 59.7 Å². The first kappa shape index (κ1) is 19.9. The van der Waals surface area contributed by atoms with Crippen molar-refractivity contribution < 1.29 is 24.2 Å². The quantitative estimate of drug-likeness (QED) is 0.653. The first-order valence-electron chi connectivity index (χ1n) is 10.0. The molecule has 0 aromatic heterocycles. The van der Waals surface area contributed by atoms with Crippen molar-refractivity contribution in [1.29, 1.82) is 0 Å². The molecular formula is C23H24N2O5. The summed E-state index contributed by atoms with van der Waals surface area (Å²) < 4.78 is 5.42. The lowest BCUT2D eigenvalue weighted by Crippen LogP contribution is -2.50. The Morgan fingerprint density at radius 2 is 1.63 bits per heavy atom. The second-order valence-electron chi connectivity index (χ2n) is 8.17. The topological polar surface area (TPSA) is 105 Å². The monoisotopic (exact) mass is 408 g/mol. The fourth-order valence-electron chi connectivity index (χ4n) is 3.86. The number of aliphatic carboxylic acids is 1. The number of alkyl carbamates (subject to hydrolysis) is 1. The van der Waals surface area contributed by atoms with Crippen molar-refractivity contribution in [3.63, 3.8) is 0 Å². The molecule has 2 aromatic rings. The van der Waals surface area contributed by atoms with Gasteiger partial charge in [-0.15, -0.1) is 0 Å². The molecular weight excluding hydrogens is 384 g/mol. The van der Waals surface area contributed by atoms with E-state index in [4.69, 9.17) is 9.84 Å². The molecule has 1 unspecified atom stereocenters. The minimum atomic E-state index is -1.18. The summed E-state index contributed by atoms with van der Waals surface area (Å²) in [5.41, 5.74) is 4.07. The second kappa shape index (κ2) is 7.82. The molecule has 0 aliphatic heterocycles. The van der Waals surface area contributed by atoms with E-state index in [0.29, 0.717) is 0 Å². The Bertz CT molecular complexity index is 953. The number of hydrogen-bond donors (Lipinski definition) is 3. The molecule has 2 amide bonds. The third kappa shape index (κ3) is 4.15. The number of carbonyl (C=O) groups is 3. The van der Waals surface area contributed by atoms with Crippen molar-refractivity contribution in [1.82, 2.24) is 10.6 Å². The maximum absolute atomic E-state index is 12.4. The minimum Gasteiger partial charge on any atom is -0.481 e. The third-order valence-electron chi connectivity index (χ3n) is 5.76. The van der Waals surface area contributed by atoms with E-state index in [1.54, 1.807) is 0 Å². The van der Waals surface area contributed by atoms with Crippen LogP contribution in [0.2, 0.25) is 0 Å². The van der Waals surface area contributed by atoms with Gasteiger partial charge in [-0.1, -0.05) is 48.5 Å². The summed E-state index contributed by atoms with van der Waals surface area (Å²) in [4.78, 5) is 36.0. The third-order valence-corrected chi connectivity index (χ3v) is 5.76. The van der Waals surface area contributed by atoms with Gasteiger partial charge in [-0.3, -0.25) is 9.59 Å². The number of carbonyl (C=O) groups excluding carboxylic acids is 2. The summed E-state index contributed by atoms with van der Waals surface area (Å²) in [5.74, 6) is -1.79. The highest BCUT2D eigenvalue weighted by Crippen LogP contribution is 2.44. The Morgan fingerprint density at radius 1 is 1.07 bits per heavy atom. The zero-order chi connectivity index (χ0) is 21.3. The molecule has 4 rings (SSSR count). The summed E-state index contributed by atoms with van der Waals surface area (Å²) >= 11 is 0. The van der Waals surface area contributed by atoms with Crippen LogP contribution in [0.5, 0.6) is 0 Å². The number of carboxylic acids is 1. The van der Waals surface area contributed by atoms with Crippen LogP contribution in [0.15, 0.2) is 48.5 Å².